The molecule has 0 atom stereocenters. The van der Waals surface area contributed by atoms with E-state index < -0.39 is 5.97 Å². The lowest BCUT2D eigenvalue weighted by atomic mass is 10.1. The molecule has 19 heavy (non-hydrogen) atoms. The molecule has 0 spiro atoms. The molecule has 0 fully saturated rings. The SMILES string of the molecule is CCCCCCC(=O)Nc1nc(C(=O)OCC)co1. The molecule has 1 N–H and O–H groups in total. The Bertz CT molecular complexity index is 415. The van der Waals surface area contributed by atoms with Gasteiger partial charge in [0.05, 0.1) is 6.61 Å². The molecule has 6 nitrogen and oxygen atoms in total. The highest BCUT2D eigenvalue weighted by Gasteiger charge is 2.14. The van der Waals surface area contributed by atoms with Crippen LogP contribution in [0.5, 0.6) is 0 Å². The van der Waals surface area contributed by atoms with E-state index in [4.69, 9.17) is 9.15 Å². The van der Waals surface area contributed by atoms with Crippen LogP contribution in [-0.4, -0.2) is 23.5 Å². The molecule has 106 valence electrons. The molecule has 0 aliphatic rings. The highest BCUT2D eigenvalue weighted by atomic mass is 16.5. The Morgan fingerprint density at radius 1 is 1.32 bits per heavy atom. The maximum Gasteiger partial charge on any atom is 0.360 e. The van der Waals surface area contributed by atoms with Crippen LogP contribution in [-0.2, 0) is 9.53 Å². The minimum absolute atomic E-state index is 0.0311. The molecule has 1 heterocycles. The summed E-state index contributed by atoms with van der Waals surface area (Å²) in [6, 6.07) is 0.0311. The normalized spacial score (nSPS) is 10.2. The molecule has 0 aromatic carbocycles. The average Bonchev–Trinajstić information content (AvgIpc) is 2.83. The molecule has 0 saturated carbocycles. The number of esters is 1. The van der Waals surface area contributed by atoms with Gasteiger partial charge in [-0.1, -0.05) is 26.2 Å². The standard InChI is InChI=1S/C13H20N2O4/c1-3-5-6-7-8-11(16)15-13-14-10(9-19-13)12(17)18-4-2/h9H,3-8H2,1-2H3,(H,14,15,16). The predicted octanol–water partition coefficient (Wildman–Crippen LogP) is 2.76. The summed E-state index contributed by atoms with van der Waals surface area (Å²) >= 11 is 0. The summed E-state index contributed by atoms with van der Waals surface area (Å²) in [5.74, 6) is -0.719. The van der Waals surface area contributed by atoms with Gasteiger partial charge in [-0.3, -0.25) is 10.1 Å². The summed E-state index contributed by atoms with van der Waals surface area (Å²) in [7, 11) is 0. The molecule has 0 unspecified atom stereocenters. The van der Waals surface area contributed by atoms with E-state index in [0.29, 0.717) is 6.42 Å². The fraction of sp³-hybridized carbons (Fsp3) is 0.615. The maximum absolute atomic E-state index is 11.6. The number of rotatable bonds is 8. The van der Waals surface area contributed by atoms with Crippen molar-refractivity contribution in [2.24, 2.45) is 0 Å². The molecule has 0 aliphatic carbocycles. The number of carbonyl (C=O) groups is 2. The minimum Gasteiger partial charge on any atom is -0.461 e. The number of nitrogens with one attached hydrogen (secondary N) is 1. The zero-order chi connectivity index (χ0) is 14.1. The molecule has 6 heteroatoms. The van der Waals surface area contributed by atoms with Gasteiger partial charge in [-0.15, -0.1) is 0 Å². The number of nitrogens with zero attached hydrogens (tertiary/aromatic N) is 1. The summed E-state index contributed by atoms with van der Waals surface area (Å²) in [5, 5.41) is 2.51. The maximum atomic E-state index is 11.6. The van der Waals surface area contributed by atoms with Crippen molar-refractivity contribution < 1.29 is 18.7 Å². The van der Waals surface area contributed by atoms with Crippen LogP contribution in [0.15, 0.2) is 10.7 Å². The van der Waals surface area contributed by atoms with E-state index in [9.17, 15) is 9.59 Å². The smallest absolute Gasteiger partial charge is 0.360 e. The Labute approximate surface area is 112 Å². The van der Waals surface area contributed by atoms with E-state index in [0.717, 1.165) is 25.7 Å². The topological polar surface area (TPSA) is 81.4 Å². The van der Waals surface area contributed by atoms with Crippen LogP contribution < -0.4 is 5.32 Å². The fourth-order valence-corrected chi connectivity index (χ4v) is 1.52. The molecule has 0 bridgehead atoms. The summed E-state index contributed by atoms with van der Waals surface area (Å²) in [5.41, 5.74) is 0.0585. The molecule has 1 aromatic heterocycles. The van der Waals surface area contributed by atoms with Crippen molar-refractivity contribution in [3.8, 4) is 0 Å². The highest BCUT2D eigenvalue weighted by Crippen LogP contribution is 2.10. The number of ether oxygens (including phenoxy) is 1. The van der Waals surface area contributed by atoms with Gasteiger partial charge >= 0.3 is 12.0 Å². The highest BCUT2D eigenvalue weighted by molar-refractivity contribution is 5.90. The fourth-order valence-electron chi connectivity index (χ4n) is 1.52. The molecule has 1 rings (SSSR count). The summed E-state index contributed by atoms with van der Waals surface area (Å²) in [6.07, 6.45) is 5.72. The third-order valence-electron chi connectivity index (χ3n) is 2.49. The lowest BCUT2D eigenvalue weighted by Gasteiger charge is -2.00. The van der Waals surface area contributed by atoms with Crippen LogP contribution in [0.2, 0.25) is 0 Å². The van der Waals surface area contributed by atoms with Crippen molar-refractivity contribution in [3.05, 3.63) is 12.0 Å². The number of unbranched alkanes of at least 4 members (excludes halogenated alkanes) is 3. The van der Waals surface area contributed by atoms with Gasteiger partial charge in [-0.05, 0) is 13.3 Å². The molecule has 0 aliphatic heterocycles. The van der Waals surface area contributed by atoms with Crippen molar-refractivity contribution in [2.75, 3.05) is 11.9 Å². The number of aromatic nitrogens is 1. The van der Waals surface area contributed by atoms with Gasteiger partial charge in [0, 0.05) is 6.42 Å². The van der Waals surface area contributed by atoms with Gasteiger partial charge in [-0.2, -0.15) is 4.98 Å². The first-order chi connectivity index (χ1) is 9.17. The number of amides is 1. The Morgan fingerprint density at radius 2 is 2.11 bits per heavy atom. The number of hydrogen-bond acceptors (Lipinski definition) is 5. The number of carbonyl (C=O) groups excluding carboxylic acids is 2. The molecule has 0 radical (unpaired) electrons. The van der Waals surface area contributed by atoms with Crippen molar-refractivity contribution in [1.82, 2.24) is 4.98 Å². The second-order valence-corrected chi connectivity index (χ2v) is 4.12. The summed E-state index contributed by atoms with van der Waals surface area (Å²) in [6.45, 7) is 4.09. The van der Waals surface area contributed by atoms with Gasteiger partial charge < -0.3 is 9.15 Å². The first kappa shape index (κ1) is 15.2. The van der Waals surface area contributed by atoms with Crippen LogP contribution in [0.1, 0.15) is 56.4 Å². The Hall–Kier alpha value is -1.85. The lowest BCUT2D eigenvalue weighted by Crippen LogP contribution is -2.12. The van der Waals surface area contributed by atoms with Gasteiger partial charge in [0.25, 0.3) is 0 Å². The van der Waals surface area contributed by atoms with Gasteiger partial charge in [0.15, 0.2) is 5.69 Å². The van der Waals surface area contributed by atoms with Crippen molar-refractivity contribution >= 4 is 17.9 Å². The lowest BCUT2D eigenvalue weighted by molar-refractivity contribution is -0.116. The zero-order valence-electron chi connectivity index (χ0n) is 11.4. The minimum atomic E-state index is -0.560. The van der Waals surface area contributed by atoms with E-state index in [2.05, 4.69) is 17.2 Å². The quantitative estimate of drug-likeness (QED) is 0.579. The first-order valence-electron chi connectivity index (χ1n) is 6.59. The molecular formula is C13H20N2O4. The number of hydrogen-bond donors (Lipinski definition) is 1. The predicted molar refractivity (Wildman–Crippen MR) is 69.8 cm³/mol. The third kappa shape index (κ3) is 5.54. The van der Waals surface area contributed by atoms with Crippen molar-refractivity contribution in [2.45, 2.75) is 46.0 Å². The zero-order valence-corrected chi connectivity index (χ0v) is 11.4. The molecule has 0 saturated heterocycles. The van der Waals surface area contributed by atoms with Crippen LogP contribution in [0.25, 0.3) is 0 Å². The van der Waals surface area contributed by atoms with E-state index in [1.807, 2.05) is 0 Å². The number of anilines is 1. The third-order valence-corrected chi connectivity index (χ3v) is 2.49. The van der Waals surface area contributed by atoms with Gasteiger partial charge in [0.2, 0.25) is 5.91 Å². The average molecular weight is 268 g/mol. The van der Waals surface area contributed by atoms with E-state index in [-0.39, 0.29) is 24.2 Å². The second-order valence-electron chi connectivity index (χ2n) is 4.12. The van der Waals surface area contributed by atoms with Gasteiger partial charge in [-0.25, -0.2) is 4.79 Å². The Kier molecular flexibility index (Phi) is 6.63. The second kappa shape index (κ2) is 8.29. The summed E-state index contributed by atoms with van der Waals surface area (Å²) < 4.78 is 9.75. The van der Waals surface area contributed by atoms with Crippen molar-refractivity contribution in [1.29, 1.82) is 0 Å². The van der Waals surface area contributed by atoms with E-state index >= 15 is 0 Å². The van der Waals surface area contributed by atoms with Crippen LogP contribution in [0.3, 0.4) is 0 Å². The summed E-state index contributed by atoms with van der Waals surface area (Å²) in [4.78, 5) is 26.7. The Morgan fingerprint density at radius 3 is 2.79 bits per heavy atom. The van der Waals surface area contributed by atoms with E-state index in [1.54, 1.807) is 6.92 Å². The number of oxazole rings is 1. The Balaban J connectivity index is 2.36. The van der Waals surface area contributed by atoms with Crippen LogP contribution in [0.4, 0.5) is 6.01 Å². The largest absolute Gasteiger partial charge is 0.461 e. The van der Waals surface area contributed by atoms with Gasteiger partial charge in [0.1, 0.15) is 6.26 Å². The molecule has 1 aromatic rings. The monoisotopic (exact) mass is 268 g/mol. The first-order valence-corrected chi connectivity index (χ1v) is 6.59. The van der Waals surface area contributed by atoms with Crippen molar-refractivity contribution in [3.63, 3.8) is 0 Å². The van der Waals surface area contributed by atoms with E-state index in [1.165, 1.54) is 6.26 Å². The molecule has 1 amide bonds. The van der Waals surface area contributed by atoms with Crippen LogP contribution >= 0.6 is 0 Å². The van der Waals surface area contributed by atoms with Crippen LogP contribution in [0, 0.1) is 0 Å². The molecular weight excluding hydrogens is 248 g/mol.